The Morgan fingerprint density at radius 3 is 2.55 bits per heavy atom. The molecular formula is C16H17F2NO3. The van der Waals surface area contributed by atoms with Crippen molar-refractivity contribution in [1.29, 1.82) is 0 Å². The summed E-state index contributed by atoms with van der Waals surface area (Å²) in [7, 11) is 0. The van der Waals surface area contributed by atoms with E-state index < -0.39 is 35.4 Å². The lowest BCUT2D eigenvalue weighted by atomic mass is 9.97. The van der Waals surface area contributed by atoms with E-state index in [9.17, 15) is 18.4 Å². The summed E-state index contributed by atoms with van der Waals surface area (Å²) in [6, 6.07) is 3.69. The first-order valence-corrected chi connectivity index (χ1v) is 7.44. The molecule has 1 amide bonds. The Bertz CT molecular complexity index is 599. The van der Waals surface area contributed by atoms with Crippen molar-refractivity contribution in [3.05, 3.63) is 35.4 Å². The third-order valence-corrected chi connectivity index (χ3v) is 4.56. The van der Waals surface area contributed by atoms with Crippen molar-refractivity contribution in [3.63, 3.8) is 0 Å². The molecule has 0 unspecified atom stereocenters. The SMILES string of the molecule is O=C(O)[C@@H]1CCCN(C(=O)[C@@H]2C[C@H]2c2c(F)cccc2F)C1. The predicted molar refractivity (Wildman–Crippen MR) is 74.1 cm³/mol. The predicted octanol–water partition coefficient (Wildman–Crippen LogP) is 2.39. The number of carboxylic acids is 1. The van der Waals surface area contributed by atoms with E-state index in [-0.39, 0.29) is 18.0 Å². The van der Waals surface area contributed by atoms with Crippen LogP contribution in [0, 0.1) is 23.5 Å². The zero-order valence-electron chi connectivity index (χ0n) is 12.0. The molecule has 3 rings (SSSR count). The van der Waals surface area contributed by atoms with Gasteiger partial charge in [0.05, 0.1) is 5.92 Å². The molecule has 6 heteroatoms. The average Bonchev–Trinajstić information content (AvgIpc) is 3.26. The maximum atomic E-state index is 13.7. The molecule has 1 N–H and O–H groups in total. The monoisotopic (exact) mass is 309 g/mol. The van der Waals surface area contributed by atoms with Gasteiger partial charge in [-0.3, -0.25) is 9.59 Å². The lowest BCUT2D eigenvalue weighted by Gasteiger charge is -2.31. The van der Waals surface area contributed by atoms with Crippen LogP contribution in [-0.2, 0) is 9.59 Å². The summed E-state index contributed by atoms with van der Waals surface area (Å²) in [5.41, 5.74) is -0.0207. The summed E-state index contributed by atoms with van der Waals surface area (Å²) in [5.74, 6) is -3.73. The van der Waals surface area contributed by atoms with E-state index in [0.717, 1.165) is 0 Å². The highest BCUT2D eigenvalue weighted by atomic mass is 19.1. The van der Waals surface area contributed by atoms with Crippen LogP contribution in [0.5, 0.6) is 0 Å². The summed E-state index contributed by atoms with van der Waals surface area (Å²) in [5, 5.41) is 9.06. The third kappa shape index (κ3) is 2.69. The van der Waals surface area contributed by atoms with Crippen molar-refractivity contribution >= 4 is 11.9 Å². The molecule has 2 aliphatic rings. The molecule has 0 spiro atoms. The summed E-state index contributed by atoms with van der Waals surface area (Å²) >= 11 is 0. The molecule has 1 heterocycles. The molecule has 4 nitrogen and oxygen atoms in total. The quantitative estimate of drug-likeness (QED) is 0.932. The minimum Gasteiger partial charge on any atom is -0.481 e. The molecule has 1 aromatic carbocycles. The van der Waals surface area contributed by atoms with Gasteiger partial charge in [-0.2, -0.15) is 0 Å². The van der Waals surface area contributed by atoms with Gasteiger partial charge >= 0.3 is 5.97 Å². The van der Waals surface area contributed by atoms with Gasteiger partial charge in [-0.1, -0.05) is 6.07 Å². The van der Waals surface area contributed by atoms with Gasteiger partial charge in [0.2, 0.25) is 5.91 Å². The Labute approximate surface area is 126 Å². The Morgan fingerprint density at radius 1 is 1.23 bits per heavy atom. The number of hydrogen-bond donors (Lipinski definition) is 1. The number of benzene rings is 1. The first-order chi connectivity index (χ1) is 10.5. The van der Waals surface area contributed by atoms with Crippen molar-refractivity contribution < 1.29 is 23.5 Å². The third-order valence-electron chi connectivity index (χ3n) is 4.56. The van der Waals surface area contributed by atoms with Crippen LogP contribution >= 0.6 is 0 Å². The molecule has 118 valence electrons. The van der Waals surface area contributed by atoms with Crippen LogP contribution in [0.15, 0.2) is 18.2 Å². The maximum Gasteiger partial charge on any atom is 0.308 e. The first-order valence-electron chi connectivity index (χ1n) is 7.44. The van der Waals surface area contributed by atoms with Crippen molar-refractivity contribution in [2.24, 2.45) is 11.8 Å². The molecule has 22 heavy (non-hydrogen) atoms. The van der Waals surface area contributed by atoms with Gasteiger partial charge in [-0.15, -0.1) is 0 Å². The Balaban J connectivity index is 1.69. The van der Waals surface area contributed by atoms with Crippen LogP contribution in [0.25, 0.3) is 0 Å². The summed E-state index contributed by atoms with van der Waals surface area (Å²) < 4.78 is 27.5. The van der Waals surface area contributed by atoms with Crippen molar-refractivity contribution in [2.45, 2.75) is 25.2 Å². The van der Waals surface area contributed by atoms with Crippen LogP contribution in [0.1, 0.15) is 30.7 Å². The number of amides is 1. The Kier molecular flexibility index (Phi) is 3.85. The highest BCUT2D eigenvalue weighted by molar-refractivity contribution is 5.84. The number of likely N-dealkylation sites (tertiary alicyclic amines) is 1. The zero-order chi connectivity index (χ0) is 15.9. The molecule has 3 atom stereocenters. The number of carboxylic acid groups (broad SMARTS) is 1. The van der Waals surface area contributed by atoms with Gasteiger partial charge in [0.1, 0.15) is 11.6 Å². The van der Waals surface area contributed by atoms with Crippen LogP contribution in [0.4, 0.5) is 8.78 Å². The number of aliphatic carboxylic acids is 1. The number of piperidine rings is 1. The minimum absolute atomic E-state index is 0.0207. The molecule has 1 aliphatic carbocycles. The van der Waals surface area contributed by atoms with Crippen molar-refractivity contribution in [1.82, 2.24) is 4.90 Å². The number of nitrogens with zero attached hydrogens (tertiary/aromatic N) is 1. The van der Waals surface area contributed by atoms with E-state index in [2.05, 4.69) is 0 Å². The fourth-order valence-corrected chi connectivity index (χ4v) is 3.27. The molecule has 1 aliphatic heterocycles. The van der Waals surface area contributed by atoms with Crippen LogP contribution < -0.4 is 0 Å². The summed E-state index contributed by atoms with van der Waals surface area (Å²) in [6.45, 7) is 0.711. The largest absolute Gasteiger partial charge is 0.481 e. The number of carbonyl (C=O) groups is 2. The average molecular weight is 309 g/mol. The number of rotatable bonds is 3. The first kappa shape index (κ1) is 14.9. The number of hydrogen-bond acceptors (Lipinski definition) is 2. The van der Waals surface area contributed by atoms with Gasteiger partial charge in [-0.05, 0) is 31.4 Å². The molecule has 1 saturated heterocycles. The highest BCUT2D eigenvalue weighted by Gasteiger charge is 2.48. The van der Waals surface area contributed by atoms with E-state index in [1.807, 2.05) is 0 Å². The zero-order valence-corrected chi connectivity index (χ0v) is 12.0. The molecule has 2 fully saturated rings. The molecule has 0 aromatic heterocycles. The molecule has 1 aromatic rings. The van der Waals surface area contributed by atoms with E-state index >= 15 is 0 Å². The van der Waals surface area contributed by atoms with Gasteiger partial charge in [0.25, 0.3) is 0 Å². The highest BCUT2D eigenvalue weighted by Crippen LogP contribution is 2.50. The second kappa shape index (κ2) is 5.66. The summed E-state index contributed by atoms with van der Waals surface area (Å²) in [4.78, 5) is 25.0. The van der Waals surface area contributed by atoms with Crippen LogP contribution in [0.2, 0.25) is 0 Å². The second-order valence-corrected chi connectivity index (χ2v) is 6.05. The van der Waals surface area contributed by atoms with Gasteiger partial charge in [0.15, 0.2) is 0 Å². The van der Waals surface area contributed by atoms with E-state index in [4.69, 9.17) is 5.11 Å². The molecular weight excluding hydrogens is 292 g/mol. The molecule has 1 saturated carbocycles. The lowest BCUT2D eigenvalue weighted by Crippen LogP contribution is -2.43. The summed E-state index contributed by atoms with van der Waals surface area (Å²) in [6.07, 6.45) is 1.63. The number of carbonyl (C=O) groups excluding carboxylic acids is 1. The van der Waals surface area contributed by atoms with Gasteiger partial charge in [-0.25, -0.2) is 8.78 Å². The lowest BCUT2D eigenvalue weighted by molar-refractivity contribution is -0.146. The fourth-order valence-electron chi connectivity index (χ4n) is 3.27. The normalized spacial score (nSPS) is 27.5. The van der Waals surface area contributed by atoms with E-state index in [1.54, 1.807) is 0 Å². The fraction of sp³-hybridized carbons (Fsp3) is 0.500. The smallest absolute Gasteiger partial charge is 0.308 e. The van der Waals surface area contributed by atoms with Crippen molar-refractivity contribution in [3.8, 4) is 0 Å². The van der Waals surface area contributed by atoms with Crippen molar-refractivity contribution in [2.75, 3.05) is 13.1 Å². The maximum absolute atomic E-state index is 13.7. The van der Waals surface area contributed by atoms with E-state index in [0.29, 0.717) is 25.8 Å². The Hall–Kier alpha value is -1.98. The van der Waals surface area contributed by atoms with Crippen LogP contribution in [0.3, 0.4) is 0 Å². The van der Waals surface area contributed by atoms with Gasteiger partial charge < -0.3 is 10.0 Å². The van der Waals surface area contributed by atoms with E-state index in [1.165, 1.54) is 23.1 Å². The Morgan fingerprint density at radius 2 is 1.91 bits per heavy atom. The minimum atomic E-state index is -0.898. The topological polar surface area (TPSA) is 57.6 Å². The number of halogens is 2. The molecule has 0 bridgehead atoms. The molecule has 0 radical (unpaired) electrons. The van der Waals surface area contributed by atoms with Crippen LogP contribution in [-0.4, -0.2) is 35.0 Å². The second-order valence-electron chi connectivity index (χ2n) is 6.05. The van der Waals surface area contributed by atoms with Gasteiger partial charge in [0, 0.05) is 30.5 Å². The standard InChI is InChI=1S/C16H17F2NO3/c17-12-4-1-5-13(18)14(12)10-7-11(10)15(20)19-6-2-3-9(8-19)16(21)22/h1,4-5,9-11H,2-3,6-8H2,(H,21,22)/t9-,10-,11-/m1/s1.